The van der Waals surface area contributed by atoms with E-state index in [0.29, 0.717) is 32.3 Å². The van der Waals surface area contributed by atoms with Crippen LogP contribution in [0, 0.1) is 6.92 Å². The van der Waals surface area contributed by atoms with Gasteiger partial charge in [-0.15, -0.1) is 0 Å². The first-order valence-corrected chi connectivity index (χ1v) is 18.3. The average molecular weight is 776 g/mol. The fraction of sp³-hybridized carbons (Fsp3) is 0.278. The van der Waals surface area contributed by atoms with Crippen molar-refractivity contribution in [2.24, 2.45) is 0 Å². The summed E-state index contributed by atoms with van der Waals surface area (Å²) < 4.78 is 35.5. The van der Waals surface area contributed by atoms with Gasteiger partial charge in [-0.1, -0.05) is 84.2 Å². The van der Waals surface area contributed by atoms with Crippen LogP contribution in [0.3, 0.4) is 0 Å². The lowest BCUT2D eigenvalue weighted by Gasteiger charge is -2.34. The molecular weight excluding hydrogens is 737 g/mol. The number of benzene rings is 4. The molecule has 48 heavy (non-hydrogen) atoms. The van der Waals surface area contributed by atoms with E-state index in [1.54, 1.807) is 42.5 Å². The third-order valence-electron chi connectivity index (χ3n) is 7.97. The van der Waals surface area contributed by atoms with E-state index >= 15 is 0 Å². The molecule has 2 atom stereocenters. The van der Waals surface area contributed by atoms with E-state index in [1.807, 2.05) is 51.1 Å². The maximum atomic E-state index is 14.7. The second-order valence-electron chi connectivity index (χ2n) is 11.4. The van der Waals surface area contributed by atoms with E-state index in [2.05, 4.69) is 21.2 Å². The summed E-state index contributed by atoms with van der Waals surface area (Å²) in [4.78, 5) is 30.0. The van der Waals surface area contributed by atoms with Gasteiger partial charge in [-0.05, 0) is 84.2 Å². The van der Waals surface area contributed by atoms with E-state index in [9.17, 15) is 18.0 Å². The lowest BCUT2D eigenvalue weighted by molar-refractivity contribution is -0.140. The zero-order chi connectivity index (χ0) is 35.0. The van der Waals surface area contributed by atoms with Crippen LogP contribution in [0.4, 0.5) is 5.69 Å². The number of methoxy groups -OCH3 is 1. The lowest BCUT2D eigenvalue weighted by Crippen LogP contribution is -2.54. The summed E-state index contributed by atoms with van der Waals surface area (Å²) >= 11 is 16.6. The van der Waals surface area contributed by atoms with E-state index in [0.717, 1.165) is 15.4 Å². The van der Waals surface area contributed by atoms with Crippen molar-refractivity contribution < 1.29 is 22.7 Å². The molecule has 0 saturated carbocycles. The van der Waals surface area contributed by atoms with Crippen LogP contribution in [-0.2, 0) is 32.6 Å². The van der Waals surface area contributed by atoms with Gasteiger partial charge in [0.1, 0.15) is 18.3 Å². The summed E-state index contributed by atoms with van der Waals surface area (Å²) in [7, 11) is -2.83. The van der Waals surface area contributed by atoms with Crippen molar-refractivity contribution in [1.29, 1.82) is 0 Å². The molecule has 4 rings (SSSR count). The Morgan fingerprint density at radius 1 is 0.938 bits per heavy atom. The van der Waals surface area contributed by atoms with Crippen molar-refractivity contribution in [2.75, 3.05) is 18.0 Å². The molecular formula is C36H38BrCl2N3O5S. The zero-order valence-electron chi connectivity index (χ0n) is 27.1. The molecule has 0 bridgehead atoms. The van der Waals surface area contributed by atoms with Crippen LogP contribution in [-0.4, -0.2) is 50.9 Å². The number of nitrogens with zero attached hydrogens (tertiary/aromatic N) is 2. The van der Waals surface area contributed by atoms with Gasteiger partial charge in [-0.25, -0.2) is 8.42 Å². The Morgan fingerprint density at radius 2 is 1.58 bits per heavy atom. The highest BCUT2D eigenvalue weighted by Crippen LogP contribution is 2.32. The lowest BCUT2D eigenvalue weighted by atomic mass is 10.0. The highest BCUT2D eigenvalue weighted by Gasteiger charge is 2.35. The Kier molecular flexibility index (Phi) is 13.0. The zero-order valence-corrected chi connectivity index (χ0v) is 31.0. The third-order valence-corrected chi connectivity index (χ3v) is 11.1. The molecule has 0 aliphatic heterocycles. The molecule has 0 saturated heterocycles. The first-order chi connectivity index (χ1) is 22.8. The largest absolute Gasteiger partial charge is 0.496 e. The maximum absolute atomic E-state index is 14.7. The second kappa shape index (κ2) is 16.7. The number of ether oxygens (including phenoxy) is 1. The minimum absolute atomic E-state index is 0.0559. The van der Waals surface area contributed by atoms with Crippen molar-refractivity contribution in [3.63, 3.8) is 0 Å². The number of nitrogens with one attached hydrogen (secondary N) is 1. The van der Waals surface area contributed by atoms with Crippen molar-refractivity contribution in [3.8, 4) is 5.75 Å². The van der Waals surface area contributed by atoms with Crippen LogP contribution in [0.25, 0.3) is 0 Å². The Bertz CT molecular complexity index is 1820. The minimum atomic E-state index is -4.31. The van der Waals surface area contributed by atoms with E-state index in [-0.39, 0.29) is 35.5 Å². The molecule has 0 spiro atoms. The standard InChI is InChI=1S/C36H38BrCl2N3O5S/c1-5-25(3)40-36(44)33(20-26-10-7-6-8-11-26)41(22-29-31(38)12-9-13-32(29)39)35(43)23-42(27-16-14-24(2)15-17-27)48(45,46)28-18-19-34(47-4)30(37)21-28/h6-19,21,25,33H,5,20,22-23H2,1-4H3,(H,40,44)/t25-,33+/m1/s1. The molecule has 0 aromatic heterocycles. The maximum Gasteiger partial charge on any atom is 0.264 e. The van der Waals surface area contributed by atoms with Gasteiger partial charge in [-0.2, -0.15) is 0 Å². The fourth-order valence-electron chi connectivity index (χ4n) is 5.02. The molecule has 8 nitrogen and oxygen atoms in total. The van der Waals surface area contributed by atoms with E-state index in [4.69, 9.17) is 27.9 Å². The van der Waals surface area contributed by atoms with Crippen LogP contribution >= 0.6 is 39.1 Å². The summed E-state index contributed by atoms with van der Waals surface area (Å²) in [6, 6.07) is 24.3. The number of amides is 2. The van der Waals surface area contributed by atoms with Crippen LogP contribution in [0.5, 0.6) is 5.75 Å². The van der Waals surface area contributed by atoms with Crippen LogP contribution in [0.2, 0.25) is 10.0 Å². The molecule has 4 aromatic rings. The summed E-state index contributed by atoms with van der Waals surface area (Å²) in [6.07, 6.45) is 0.838. The number of hydrogen-bond donors (Lipinski definition) is 1. The third kappa shape index (κ3) is 9.11. The summed E-state index contributed by atoms with van der Waals surface area (Å²) in [5, 5.41) is 3.64. The molecule has 4 aromatic carbocycles. The molecule has 0 radical (unpaired) electrons. The summed E-state index contributed by atoms with van der Waals surface area (Å²) in [5.74, 6) is -0.553. The number of halogens is 3. The molecule has 0 aliphatic carbocycles. The average Bonchev–Trinajstić information content (AvgIpc) is 3.07. The Labute approximate surface area is 301 Å². The van der Waals surface area contributed by atoms with Gasteiger partial charge < -0.3 is 15.0 Å². The van der Waals surface area contributed by atoms with Gasteiger partial charge in [-0.3, -0.25) is 13.9 Å². The quantitative estimate of drug-likeness (QED) is 0.141. The summed E-state index contributed by atoms with van der Waals surface area (Å²) in [5.41, 5.74) is 2.44. The van der Waals surface area contributed by atoms with Gasteiger partial charge in [0.2, 0.25) is 11.8 Å². The van der Waals surface area contributed by atoms with E-state index < -0.39 is 28.5 Å². The first-order valence-electron chi connectivity index (χ1n) is 15.3. The highest BCUT2D eigenvalue weighted by atomic mass is 79.9. The number of carbonyl (C=O) groups excluding carboxylic acids is 2. The Balaban J connectivity index is 1.85. The van der Waals surface area contributed by atoms with Gasteiger partial charge in [0.05, 0.1) is 22.2 Å². The molecule has 0 fully saturated rings. The molecule has 2 amide bonds. The molecule has 12 heteroatoms. The summed E-state index contributed by atoms with van der Waals surface area (Å²) in [6.45, 7) is 4.96. The topological polar surface area (TPSA) is 96.0 Å². The molecule has 0 unspecified atom stereocenters. The number of hydrogen-bond acceptors (Lipinski definition) is 5. The fourth-order valence-corrected chi connectivity index (χ4v) is 7.67. The van der Waals surface area contributed by atoms with Crippen LogP contribution in [0.1, 0.15) is 37.0 Å². The number of sulfonamides is 1. The van der Waals surface area contributed by atoms with Gasteiger partial charge in [0.25, 0.3) is 10.0 Å². The smallest absolute Gasteiger partial charge is 0.264 e. The highest BCUT2D eigenvalue weighted by molar-refractivity contribution is 9.10. The van der Waals surface area contributed by atoms with Crippen LogP contribution < -0.4 is 14.4 Å². The van der Waals surface area contributed by atoms with Gasteiger partial charge >= 0.3 is 0 Å². The van der Waals surface area contributed by atoms with Crippen molar-refractivity contribution >= 4 is 66.7 Å². The Hall–Kier alpha value is -3.57. The van der Waals surface area contributed by atoms with Crippen molar-refractivity contribution in [1.82, 2.24) is 10.2 Å². The number of aryl methyl sites for hydroxylation is 1. The molecule has 0 heterocycles. The Morgan fingerprint density at radius 3 is 2.17 bits per heavy atom. The number of carbonyl (C=O) groups is 2. The molecule has 254 valence electrons. The first kappa shape index (κ1) is 37.3. The second-order valence-corrected chi connectivity index (χ2v) is 14.9. The van der Waals surface area contributed by atoms with E-state index in [1.165, 1.54) is 30.2 Å². The predicted octanol–water partition coefficient (Wildman–Crippen LogP) is 7.82. The normalized spacial score (nSPS) is 12.6. The van der Waals surface area contributed by atoms with Crippen LogP contribution in [0.15, 0.2) is 100 Å². The number of rotatable bonds is 14. The number of anilines is 1. The molecule has 1 N–H and O–H groups in total. The predicted molar refractivity (Wildman–Crippen MR) is 195 cm³/mol. The van der Waals surface area contributed by atoms with Crippen molar-refractivity contribution in [3.05, 3.63) is 122 Å². The molecule has 0 aliphatic rings. The SMILES string of the molecule is CC[C@@H](C)NC(=O)[C@H](Cc1ccccc1)N(Cc1c(Cl)cccc1Cl)C(=O)CN(c1ccc(C)cc1)S(=O)(=O)c1ccc(OC)c(Br)c1. The minimum Gasteiger partial charge on any atom is -0.496 e. The van der Waals surface area contributed by atoms with Crippen molar-refractivity contribution in [2.45, 2.75) is 57.1 Å². The van der Waals surface area contributed by atoms with Gasteiger partial charge in [0.15, 0.2) is 0 Å². The van der Waals surface area contributed by atoms with Gasteiger partial charge in [0, 0.05) is 34.6 Å². The monoisotopic (exact) mass is 773 g/mol.